The van der Waals surface area contributed by atoms with Gasteiger partial charge in [0.15, 0.2) is 0 Å². The van der Waals surface area contributed by atoms with Crippen molar-refractivity contribution in [2.75, 3.05) is 7.11 Å². The van der Waals surface area contributed by atoms with Gasteiger partial charge in [-0.05, 0) is 17.5 Å². The second-order valence-corrected chi connectivity index (χ2v) is 4.06. The Labute approximate surface area is 107 Å². The van der Waals surface area contributed by atoms with Gasteiger partial charge in [0.05, 0.1) is 18.8 Å². The van der Waals surface area contributed by atoms with Gasteiger partial charge in [-0.15, -0.1) is 0 Å². The summed E-state index contributed by atoms with van der Waals surface area (Å²) in [4.78, 5) is 8.16. The van der Waals surface area contributed by atoms with Crippen molar-refractivity contribution in [1.82, 2.24) is 9.97 Å². The minimum atomic E-state index is -0.257. The molecule has 4 nitrogen and oxygen atoms in total. The molecule has 1 heterocycles. The Kier molecular flexibility index (Phi) is 3.89. The zero-order valence-corrected chi connectivity index (χ0v) is 10.6. The van der Waals surface area contributed by atoms with Gasteiger partial charge in [0.1, 0.15) is 6.33 Å². The third kappa shape index (κ3) is 2.65. The molecule has 1 unspecified atom stereocenters. The summed E-state index contributed by atoms with van der Waals surface area (Å²) in [6, 6.07) is 9.77. The summed E-state index contributed by atoms with van der Waals surface area (Å²) in [6.45, 7) is 2.13. The topological polar surface area (TPSA) is 61.0 Å². The molecule has 2 N–H and O–H groups in total. The molecule has 1 aromatic carbocycles. The Balaban J connectivity index is 2.25. The summed E-state index contributed by atoms with van der Waals surface area (Å²) in [5, 5.41) is 0. The lowest BCUT2D eigenvalue weighted by atomic mass is 10.0. The summed E-state index contributed by atoms with van der Waals surface area (Å²) in [5.74, 6) is 0.528. The Hall–Kier alpha value is -1.94. The van der Waals surface area contributed by atoms with Crippen molar-refractivity contribution in [1.29, 1.82) is 0 Å². The molecular formula is C14H17N3O. The molecule has 0 saturated carbocycles. The van der Waals surface area contributed by atoms with Gasteiger partial charge < -0.3 is 10.5 Å². The van der Waals surface area contributed by atoms with Crippen LogP contribution in [-0.4, -0.2) is 17.1 Å². The minimum absolute atomic E-state index is 0.257. The molecule has 0 aliphatic heterocycles. The number of methoxy groups -OCH3 is 1. The average Bonchev–Trinajstić information content (AvgIpc) is 2.46. The van der Waals surface area contributed by atoms with Gasteiger partial charge in [-0.25, -0.2) is 9.97 Å². The number of benzene rings is 1. The summed E-state index contributed by atoms with van der Waals surface area (Å²) in [7, 11) is 1.58. The molecule has 0 saturated heterocycles. The maximum atomic E-state index is 6.19. The van der Waals surface area contributed by atoms with Gasteiger partial charge in [-0.1, -0.05) is 31.2 Å². The molecule has 0 fully saturated rings. The third-order valence-electron chi connectivity index (χ3n) is 2.94. The Morgan fingerprint density at radius 2 is 1.94 bits per heavy atom. The molecule has 94 valence electrons. The predicted octanol–water partition coefficient (Wildman–Crippen LogP) is 2.10. The van der Waals surface area contributed by atoms with E-state index in [0.29, 0.717) is 5.88 Å². The maximum absolute atomic E-state index is 6.19. The van der Waals surface area contributed by atoms with Crippen molar-refractivity contribution >= 4 is 0 Å². The van der Waals surface area contributed by atoms with Gasteiger partial charge in [-0.2, -0.15) is 0 Å². The predicted molar refractivity (Wildman–Crippen MR) is 70.4 cm³/mol. The zero-order chi connectivity index (χ0) is 13.0. The second kappa shape index (κ2) is 5.60. The van der Waals surface area contributed by atoms with E-state index < -0.39 is 0 Å². The third-order valence-corrected chi connectivity index (χ3v) is 2.94. The lowest BCUT2D eigenvalue weighted by Gasteiger charge is -2.12. The van der Waals surface area contributed by atoms with Crippen LogP contribution >= 0.6 is 0 Å². The molecule has 0 bridgehead atoms. The fourth-order valence-electron chi connectivity index (χ4n) is 1.77. The second-order valence-electron chi connectivity index (χ2n) is 4.06. The van der Waals surface area contributed by atoms with Crippen LogP contribution in [0.3, 0.4) is 0 Å². The van der Waals surface area contributed by atoms with Crippen molar-refractivity contribution in [3.8, 4) is 5.88 Å². The molecule has 0 radical (unpaired) electrons. The number of rotatable bonds is 4. The quantitative estimate of drug-likeness (QED) is 0.893. The van der Waals surface area contributed by atoms with E-state index in [1.807, 2.05) is 12.1 Å². The lowest BCUT2D eigenvalue weighted by molar-refractivity contribution is 0.395. The fourth-order valence-corrected chi connectivity index (χ4v) is 1.77. The molecule has 0 aliphatic carbocycles. The average molecular weight is 243 g/mol. The van der Waals surface area contributed by atoms with Crippen molar-refractivity contribution in [3.63, 3.8) is 0 Å². The van der Waals surface area contributed by atoms with E-state index in [0.717, 1.165) is 17.7 Å². The van der Waals surface area contributed by atoms with Gasteiger partial charge in [0.25, 0.3) is 0 Å². The van der Waals surface area contributed by atoms with E-state index in [1.54, 1.807) is 13.2 Å². The summed E-state index contributed by atoms with van der Waals surface area (Å²) in [5.41, 5.74) is 9.27. The van der Waals surface area contributed by atoms with E-state index in [1.165, 1.54) is 11.9 Å². The van der Waals surface area contributed by atoms with Crippen LogP contribution in [0.1, 0.15) is 29.8 Å². The first-order chi connectivity index (χ1) is 8.74. The molecule has 4 heteroatoms. The van der Waals surface area contributed by atoms with Gasteiger partial charge in [-0.3, -0.25) is 0 Å². The Morgan fingerprint density at radius 1 is 1.22 bits per heavy atom. The lowest BCUT2D eigenvalue weighted by Crippen LogP contribution is -2.14. The van der Waals surface area contributed by atoms with E-state index in [4.69, 9.17) is 10.5 Å². The van der Waals surface area contributed by atoms with Crippen molar-refractivity contribution in [2.24, 2.45) is 5.73 Å². The minimum Gasteiger partial charge on any atom is -0.481 e. The molecule has 0 aliphatic rings. The van der Waals surface area contributed by atoms with Crippen LogP contribution in [0.2, 0.25) is 0 Å². The van der Waals surface area contributed by atoms with Crippen LogP contribution in [0, 0.1) is 0 Å². The molecular weight excluding hydrogens is 226 g/mol. The highest BCUT2D eigenvalue weighted by Gasteiger charge is 2.11. The molecule has 2 rings (SSSR count). The van der Waals surface area contributed by atoms with Crippen LogP contribution in [-0.2, 0) is 6.42 Å². The summed E-state index contributed by atoms with van der Waals surface area (Å²) >= 11 is 0. The molecule has 1 aromatic heterocycles. The monoisotopic (exact) mass is 243 g/mol. The standard InChI is InChI=1S/C14H17N3O/c1-3-10-4-6-11(7-5-10)14(15)12-8-13(18-2)17-9-16-12/h4-9,14H,3,15H2,1-2H3. The van der Waals surface area contributed by atoms with Crippen LogP contribution in [0.25, 0.3) is 0 Å². The molecule has 0 amide bonds. The first-order valence-corrected chi connectivity index (χ1v) is 5.95. The number of aromatic nitrogens is 2. The summed E-state index contributed by atoms with van der Waals surface area (Å²) in [6.07, 6.45) is 2.49. The number of nitrogens with two attached hydrogens (primary N) is 1. The summed E-state index contributed by atoms with van der Waals surface area (Å²) < 4.78 is 5.07. The molecule has 2 aromatic rings. The van der Waals surface area contributed by atoms with E-state index in [-0.39, 0.29) is 6.04 Å². The van der Waals surface area contributed by atoms with Gasteiger partial charge in [0.2, 0.25) is 5.88 Å². The van der Waals surface area contributed by atoms with E-state index in [9.17, 15) is 0 Å². The smallest absolute Gasteiger partial charge is 0.216 e. The first-order valence-electron chi connectivity index (χ1n) is 5.95. The van der Waals surface area contributed by atoms with E-state index >= 15 is 0 Å². The van der Waals surface area contributed by atoms with E-state index in [2.05, 4.69) is 29.0 Å². The number of hydrogen-bond acceptors (Lipinski definition) is 4. The molecule has 18 heavy (non-hydrogen) atoms. The van der Waals surface area contributed by atoms with Crippen molar-refractivity contribution in [2.45, 2.75) is 19.4 Å². The number of hydrogen-bond donors (Lipinski definition) is 1. The Bertz CT molecular complexity index is 511. The highest BCUT2D eigenvalue weighted by molar-refractivity contribution is 5.31. The maximum Gasteiger partial charge on any atom is 0.216 e. The fraction of sp³-hybridized carbons (Fsp3) is 0.286. The van der Waals surface area contributed by atoms with Crippen LogP contribution in [0.5, 0.6) is 5.88 Å². The molecule has 1 atom stereocenters. The largest absolute Gasteiger partial charge is 0.481 e. The SMILES string of the molecule is CCc1ccc(C(N)c2cc(OC)ncn2)cc1. The van der Waals surface area contributed by atoms with Crippen LogP contribution in [0.15, 0.2) is 36.7 Å². The first kappa shape index (κ1) is 12.5. The Morgan fingerprint density at radius 3 is 2.56 bits per heavy atom. The van der Waals surface area contributed by atoms with Gasteiger partial charge >= 0.3 is 0 Å². The zero-order valence-electron chi connectivity index (χ0n) is 10.6. The highest BCUT2D eigenvalue weighted by atomic mass is 16.5. The molecule has 0 spiro atoms. The van der Waals surface area contributed by atoms with Crippen LogP contribution in [0.4, 0.5) is 0 Å². The normalized spacial score (nSPS) is 12.2. The van der Waals surface area contributed by atoms with Crippen molar-refractivity contribution in [3.05, 3.63) is 53.5 Å². The number of ether oxygens (including phenoxy) is 1. The van der Waals surface area contributed by atoms with Crippen molar-refractivity contribution < 1.29 is 4.74 Å². The highest BCUT2D eigenvalue weighted by Crippen LogP contribution is 2.20. The van der Waals surface area contributed by atoms with Crippen LogP contribution < -0.4 is 10.5 Å². The number of nitrogens with zero attached hydrogens (tertiary/aromatic N) is 2. The van der Waals surface area contributed by atoms with Gasteiger partial charge in [0, 0.05) is 6.07 Å². The number of aryl methyl sites for hydroxylation is 1.